The number of hydrogen-bond donors (Lipinski definition) is 1. The first-order chi connectivity index (χ1) is 14.6. The minimum absolute atomic E-state index is 0.0244. The van der Waals surface area contributed by atoms with Gasteiger partial charge in [0.05, 0.1) is 24.2 Å². The van der Waals surface area contributed by atoms with Crippen LogP contribution >= 0.6 is 11.6 Å². The van der Waals surface area contributed by atoms with Crippen molar-refractivity contribution >= 4 is 39.2 Å². The second-order valence-corrected chi connectivity index (χ2v) is 9.26. The highest BCUT2D eigenvalue weighted by Gasteiger charge is 2.34. The average Bonchev–Trinajstić information content (AvgIpc) is 2.77. The van der Waals surface area contributed by atoms with E-state index >= 15 is 0 Å². The lowest BCUT2D eigenvalue weighted by Crippen LogP contribution is -2.52. The molecule has 0 spiro atoms. The Morgan fingerprint density at radius 1 is 1.23 bits per heavy atom. The number of esters is 1. The summed E-state index contributed by atoms with van der Waals surface area (Å²) >= 11 is 5.91. The smallest absolute Gasteiger partial charge is 0.331 e. The molecule has 0 heterocycles. The first-order valence-corrected chi connectivity index (χ1v) is 11.3. The van der Waals surface area contributed by atoms with E-state index in [1.807, 2.05) is 0 Å². The van der Waals surface area contributed by atoms with E-state index in [0.29, 0.717) is 17.1 Å². The zero-order valence-electron chi connectivity index (χ0n) is 17.6. The summed E-state index contributed by atoms with van der Waals surface area (Å²) in [6.07, 6.45) is 1.76. The average molecular weight is 465 g/mol. The molecule has 1 unspecified atom stereocenters. The molecule has 0 saturated heterocycles. The molecule has 0 fully saturated rings. The predicted molar refractivity (Wildman–Crippen MR) is 121 cm³/mol. The van der Waals surface area contributed by atoms with Crippen molar-refractivity contribution in [2.45, 2.75) is 30.7 Å². The molecule has 1 N–H and O–H groups in total. The number of carbonyl (C=O) groups excluding carboxylic acids is 2. The predicted octanol–water partition coefficient (Wildman–Crippen LogP) is 3.79. The van der Waals surface area contributed by atoms with Gasteiger partial charge in [0, 0.05) is 10.6 Å². The molecule has 7 nitrogen and oxygen atoms in total. The standard InChI is InChI=1S/C22H25ClN2O5S/c1-5-14-25(18-12-10-17(23)11-13-18)31(28,29)19-9-7-8-16(15-19)20(26)24-22(3,6-2)21(27)30-4/h5,7-13,15H,1,6,14H2,2-4H3,(H,24,26). The van der Waals surface area contributed by atoms with Gasteiger partial charge in [-0.15, -0.1) is 6.58 Å². The molecule has 31 heavy (non-hydrogen) atoms. The molecule has 2 aromatic rings. The number of rotatable bonds is 9. The maximum absolute atomic E-state index is 13.3. The molecule has 0 aliphatic carbocycles. The van der Waals surface area contributed by atoms with Gasteiger partial charge >= 0.3 is 5.97 Å². The maximum Gasteiger partial charge on any atom is 0.331 e. The summed E-state index contributed by atoms with van der Waals surface area (Å²) in [5.41, 5.74) is -0.735. The van der Waals surface area contributed by atoms with E-state index in [4.69, 9.17) is 16.3 Å². The number of nitrogens with one attached hydrogen (secondary N) is 1. The van der Waals surface area contributed by atoms with E-state index in [1.54, 1.807) is 38.1 Å². The number of halogens is 1. The number of nitrogens with zero attached hydrogens (tertiary/aromatic N) is 1. The molecule has 0 radical (unpaired) electrons. The molecule has 1 atom stereocenters. The van der Waals surface area contributed by atoms with Crippen molar-refractivity contribution in [2.75, 3.05) is 18.0 Å². The number of methoxy groups -OCH3 is 1. The fraction of sp³-hybridized carbons (Fsp3) is 0.273. The highest BCUT2D eigenvalue weighted by Crippen LogP contribution is 2.26. The van der Waals surface area contributed by atoms with E-state index in [1.165, 1.54) is 37.5 Å². The van der Waals surface area contributed by atoms with Crippen LogP contribution in [0.25, 0.3) is 0 Å². The Morgan fingerprint density at radius 2 is 1.87 bits per heavy atom. The van der Waals surface area contributed by atoms with Crippen LogP contribution in [0, 0.1) is 0 Å². The van der Waals surface area contributed by atoms with Crippen molar-refractivity contribution in [2.24, 2.45) is 0 Å². The lowest BCUT2D eigenvalue weighted by atomic mass is 9.98. The van der Waals surface area contributed by atoms with Crippen molar-refractivity contribution in [3.05, 3.63) is 71.8 Å². The first kappa shape index (κ1) is 24.4. The summed E-state index contributed by atoms with van der Waals surface area (Å²) in [5, 5.41) is 3.10. The third-order valence-electron chi connectivity index (χ3n) is 4.83. The molecule has 0 aliphatic rings. The summed E-state index contributed by atoms with van der Waals surface area (Å²) in [6, 6.07) is 12.0. The monoisotopic (exact) mass is 464 g/mol. The van der Waals surface area contributed by atoms with Gasteiger partial charge in [0.15, 0.2) is 0 Å². The van der Waals surface area contributed by atoms with Crippen LogP contribution in [0.5, 0.6) is 0 Å². The molecule has 9 heteroatoms. The topological polar surface area (TPSA) is 92.8 Å². The Hall–Kier alpha value is -2.84. The van der Waals surface area contributed by atoms with Crippen molar-refractivity contribution in [1.29, 1.82) is 0 Å². The number of sulfonamides is 1. The van der Waals surface area contributed by atoms with Gasteiger partial charge in [0.2, 0.25) is 0 Å². The number of benzene rings is 2. The Morgan fingerprint density at radius 3 is 2.42 bits per heavy atom. The zero-order chi connectivity index (χ0) is 23.2. The van der Waals surface area contributed by atoms with E-state index in [-0.39, 0.29) is 17.0 Å². The molecule has 0 aliphatic heterocycles. The van der Waals surface area contributed by atoms with Crippen LogP contribution in [0.1, 0.15) is 30.6 Å². The van der Waals surface area contributed by atoms with Gasteiger partial charge in [-0.2, -0.15) is 0 Å². The SMILES string of the molecule is C=CCN(c1ccc(Cl)cc1)S(=O)(=O)c1cccc(C(=O)NC(C)(CC)C(=O)OC)c1. The lowest BCUT2D eigenvalue weighted by Gasteiger charge is -2.26. The first-order valence-electron chi connectivity index (χ1n) is 9.49. The fourth-order valence-corrected chi connectivity index (χ4v) is 4.43. The normalized spacial score (nSPS) is 13.0. The minimum Gasteiger partial charge on any atom is -0.467 e. The maximum atomic E-state index is 13.3. The second-order valence-electron chi connectivity index (χ2n) is 6.96. The number of ether oxygens (including phenoxy) is 1. The van der Waals surface area contributed by atoms with Crippen molar-refractivity contribution in [1.82, 2.24) is 5.32 Å². The van der Waals surface area contributed by atoms with E-state index in [0.717, 1.165) is 4.31 Å². The van der Waals surface area contributed by atoms with Gasteiger partial charge in [0.25, 0.3) is 15.9 Å². The quantitative estimate of drug-likeness (QED) is 0.450. The third kappa shape index (κ3) is 5.45. The molecule has 2 aromatic carbocycles. The Bertz CT molecular complexity index is 1070. The summed E-state index contributed by atoms with van der Waals surface area (Å²) in [7, 11) is -2.77. The Balaban J connectivity index is 2.41. The van der Waals surface area contributed by atoms with Gasteiger partial charge < -0.3 is 10.1 Å². The highest BCUT2D eigenvalue weighted by atomic mass is 35.5. The summed E-state index contributed by atoms with van der Waals surface area (Å²) in [6.45, 7) is 6.93. The summed E-state index contributed by atoms with van der Waals surface area (Å²) in [5.74, 6) is -1.18. The highest BCUT2D eigenvalue weighted by molar-refractivity contribution is 7.92. The molecule has 0 aromatic heterocycles. The van der Waals surface area contributed by atoms with E-state index in [2.05, 4.69) is 11.9 Å². The van der Waals surface area contributed by atoms with Gasteiger partial charge in [-0.25, -0.2) is 13.2 Å². The Kier molecular flexibility index (Phi) is 7.86. The Labute approximate surface area is 187 Å². The summed E-state index contributed by atoms with van der Waals surface area (Å²) in [4.78, 5) is 24.7. The molecular formula is C22H25ClN2O5S. The van der Waals surface area contributed by atoms with E-state index in [9.17, 15) is 18.0 Å². The molecule has 166 valence electrons. The summed E-state index contributed by atoms with van der Waals surface area (Å²) < 4.78 is 32.6. The van der Waals surface area contributed by atoms with E-state index < -0.39 is 27.4 Å². The zero-order valence-corrected chi connectivity index (χ0v) is 19.2. The largest absolute Gasteiger partial charge is 0.467 e. The van der Waals surface area contributed by atoms with Crippen LogP contribution in [0.2, 0.25) is 5.02 Å². The number of amides is 1. The lowest BCUT2D eigenvalue weighted by molar-refractivity contribution is -0.147. The number of carbonyl (C=O) groups is 2. The van der Waals surface area contributed by atoms with Crippen LogP contribution < -0.4 is 9.62 Å². The molecule has 1 amide bonds. The van der Waals surface area contributed by atoms with Crippen molar-refractivity contribution < 1.29 is 22.7 Å². The van der Waals surface area contributed by atoms with Crippen LogP contribution in [0.15, 0.2) is 66.1 Å². The minimum atomic E-state index is -4.01. The van der Waals surface area contributed by atoms with Crippen LogP contribution in [0.3, 0.4) is 0 Å². The fourth-order valence-electron chi connectivity index (χ4n) is 2.82. The second kappa shape index (κ2) is 9.98. The van der Waals surface area contributed by atoms with Gasteiger partial charge in [0.1, 0.15) is 5.54 Å². The molecular weight excluding hydrogens is 440 g/mol. The third-order valence-corrected chi connectivity index (χ3v) is 6.87. The molecule has 0 saturated carbocycles. The van der Waals surface area contributed by atoms with Crippen LogP contribution in [0.4, 0.5) is 5.69 Å². The van der Waals surface area contributed by atoms with Gasteiger partial charge in [-0.05, 0) is 55.8 Å². The van der Waals surface area contributed by atoms with Gasteiger partial charge in [-0.3, -0.25) is 9.10 Å². The number of hydrogen-bond acceptors (Lipinski definition) is 5. The molecule has 0 bridgehead atoms. The van der Waals surface area contributed by atoms with Crippen LogP contribution in [-0.2, 0) is 19.6 Å². The number of anilines is 1. The van der Waals surface area contributed by atoms with Gasteiger partial charge in [-0.1, -0.05) is 30.7 Å². The molecule has 2 rings (SSSR count). The van der Waals surface area contributed by atoms with Crippen molar-refractivity contribution in [3.8, 4) is 0 Å². The van der Waals surface area contributed by atoms with Crippen LogP contribution in [-0.4, -0.2) is 39.5 Å². The van der Waals surface area contributed by atoms with Crippen molar-refractivity contribution in [3.63, 3.8) is 0 Å².